The SMILES string of the molecule is O=C(O)c1ccc2c(c1)nc(NC1CC1)c1nc(NCC3CCCO3)ncc12. The molecule has 5 rings (SSSR count). The fourth-order valence-corrected chi connectivity index (χ4v) is 3.54. The van der Waals surface area contributed by atoms with Crippen molar-refractivity contribution in [2.24, 2.45) is 0 Å². The molecule has 8 heteroatoms. The monoisotopic (exact) mass is 379 g/mol. The van der Waals surface area contributed by atoms with Gasteiger partial charge in [0, 0.05) is 36.2 Å². The molecule has 1 saturated carbocycles. The molecule has 2 fully saturated rings. The third kappa shape index (κ3) is 3.31. The summed E-state index contributed by atoms with van der Waals surface area (Å²) >= 11 is 0. The zero-order chi connectivity index (χ0) is 19.1. The first kappa shape index (κ1) is 17.1. The third-order valence-electron chi connectivity index (χ3n) is 5.21. The lowest BCUT2D eigenvalue weighted by Gasteiger charge is -2.13. The van der Waals surface area contributed by atoms with Crippen molar-refractivity contribution in [2.75, 3.05) is 23.8 Å². The van der Waals surface area contributed by atoms with Gasteiger partial charge in [0.25, 0.3) is 0 Å². The quantitative estimate of drug-likeness (QED) is 0.561. The summed E-state index contributed by atoms with van der Waals surface area (Å²) in [6.45, 7) is 1.49. The molecule has 1 aliphatic heterocycles. The van der Waals surface area contributed by atoms with Gasteiger partial charge in [-0.25, -0.2) is 19.7 Å². The van der Waals surface area contributed by atoms with Crippen LogP contribution in [0.15, 0.2) is 24.4 Å². The van der Waals surface area contributed by atoms with Gasteiger partial charge >= 0.3 is 5.97 Å². The van der Waals surface area contributed by atoms with Crippen molar-refractivity contribution in [3.63, 3.8) is 0 Å². The van der Waals surface area contributed by atoms with Crippen LogP contribution in [0.2, 0.25) is 0 Å². The Morgan fingerprint density at radius 2 is 2.11 bits per heavy atom. The molecular weight excluding hydrogens is 358 g/mol. The molecule has 1 atom stereocenters. The van der Waals surface area contributed by atoms with Crippen molar-refractivity contribution < 1.29 is 14.6 Å². The number of pyridine rings is 1. The number of carboxylic acid groups (broad SMARTS) is 1. The van der Waals surface area contributed by atoms with E-state index >= 15 is 0 Å². The highest BCUT2D eigenvalue weighted by molar-refractivity contribution is 6.09. The Morgan fingerprint density at radius 1 is 1.21 bits per heavy atom. The van der Waals surface area contributed by atoms with Crippen LogP contribution in [0.1, 0.15) is 36.0 Å². The average molecular weight is 379 g/mol. The van der Waals surface area contributed by atoms with Gasteiger partial charge in [0.05, 0.1) is 17.2 Å². The van der Waals surface area contributed by atoms with Gasteiger partial charge in [-0.1, -0.05) is 6.07 Å². The molecule has 1 aliphatic carbocycles. The predicted octanol–water partition coefficient (Wildman–Crippen LogP) is 3.04. The maximum atomic E-state index is 11.3. The van der Waals surface area contributed by atoms with Gasteiger partial charge in [0.2, 0.25) is 5.95 Å². The van der Waals surface area contributed by atoms with Crippen LogP contribution in [0.25, 0.3) is 21.8 Å². The van der Waals surface area contributed by atoms with E-state index in [0.717, 1.165) is 48.6 Å². The Morgan fingerprint density at radius 3 is 2.86 bits per heavy atom. The number of ether oxygens (including phenoxy) is 1. The molecule has 1 saturated heterocycles. The van der Waals surface area contributed by atoms with Crippen molar-refractivity contribution in [3.05, 3.63) is 30.0 Å². The molecule has 3 aromatic rings. The molecule has 2 aromatic heterocycles. The number of carboxylic acids is 1. The Kier molecular flexibility index (Phi) is 4.20. The molecule has 0 radical (unpaired) electrons. The van der Waals surface area contributed by atoms with E-state index in [1.807, 2.05) is 0 Å². The van der Waals surface area contributed by atoms with Crippen molar-refractivity contribution in [3.8, 4) is 0 Å². The Bertz CT molecular complexity index is 1060. The molecule has 28 heavy (non-hydrogen) atoms. The topological polar surface area (TPSA) is 109 Å². The lowest BCUT2D eigenvalue weighted by molar-refractivity contribution is 0.0697. The second-order valence-corrected chi connectivity index (χ2v) is 7.39. The molecule has 1 unspecified atom stereocenters. The summed E-state index contributed by atoms with van der Waals surface area (Å²) in [5.41, 5.74) is 1.58. The summed E-state index contributed by atoms with van der Waals surface area (Å²) in [5.74, 6) is 0.255. The molecule has 3 heterocycles. The number of hydrogen-bond donors (Lipinski definition) is 3. The van der Waals surface area contributed by atoms with E-state index in [9.17, 15) is 9.90 Å². The number of aromatic nitrogens is 3. The van der Waals surface area contributed by atoms with Crippen LogP contribution in [-0.4, -0.2) is 51.3 Å². The summed E-state index contributed by atoms with van der Waals surface area (Å²) in [5, 5.41) is 17.7. The fourth-order valence-electron chi connectivity index (χ4n) is 3.54. The first-order valence-corrected chi connectivity index (χ1v) is 9.63. The largest absolute Gasteiger partial charge is 0.478 e. The van der Waals surface area contributed by atoms with Crippen LogP contribution in [-0.2, 0) is 4.74 Å². The number of aromatic carboxylic acids is 1. The van der Waals surface area contributed by atoms with E-state index < -0.39 is 5.97 Å². The molecule has 144 valence electrons. The van der Waals surface area contributed by atoms with Crippen LogP contribution in [0.5, 0.6) is 0 Å². The van der Waals surface area contributed by atoms with Gasteiger partial charge in [-0.2, -0.15) is 0 Å². The molecule has 0 amide bonds. The molecule has 1 aromatic carbocycles. The summed E-state index contributed by atoms with van der Waals surface area (Å²) in [6, 6.07) is 5.36. The molecular formula is C20H21N5O3. The van der Waals surface area contributed by atoms with Crippen LogP contribution in [0, 0.1) is 0 Å². The van der Waals surface area contributed by atoms with E-state index in [0.29, 0.717) is 29.9 Å². The zero-order valence-electron chi connectivity index (χ0n) is 15.3. The van der Waals surface area contributed by atoms with E-state index in [2.05, 4.69) is 20.6 Å². The second-order valence-electron chi connectivity index (χ2n) is 7.39. The van der Waals surface area contributed by atoms with Crippen molar-refractivity contribution in [1.29, 1.82) is 0 Å². The summed E-state index contributed by atoms with van der Waals surface area (Å²) in [4.78, 5) is 25.2. The summed E-state index contributed by atoms with van der Waals surface area (Å²) < 4.78 is 5.64. The Labute approximate surface area is 161 Å². The minimum absolute atomic E-state index is 0.201. The second kappa shape index (κ2) is 6.87. The minimum atomic E-state index is -0.967. The van der Waals surface area contributed by atoms with Crippen molar-refractivity contribution in [1.82, 2.24) is 15.0 Å². The molecule has 3 N–H and O–H groups in total. The minimum Gasteiger partial charge on any atom is -0.478 e. The highest BCUT2D eigenvalue weighted by Gasteiger charge is 2.24. The van der Waals surface area contributed by atoms with E-state index in [-0.39, 0.29) is 11.7 Å². The maximum absolute atomic E-state index is 11.3. The van der Waals surface area contributed by atoms with Crippen LogP contribution < -0.4 is 10.6 Å². The lowest BCUT2D eigenvalue weighted by atomic mass is 10.1. The molecule has 8 nitrogen and oxygen atoms in total. The number of nitrogens with one attached hydrogen (secondary N) is 2. The van der Waals surface area contributed by atoms with E-state index in [1.54, 1.807) is 24.4 Å². The van der Waals surface area contributed by atoms with Crippen LogP contribution >= 0.6 is 0 Å². The number of fused-ring (bicyclic) bond motifs is 3. The number of rotatable bonds is 6. The first-order valence-electron chi connectivity index (χ1n) is 9.63. The Hall–Kier alpha value is -3.00. The zero-order valence-corrected chi connectivity index (χ0v) is 15.3. The third-order valence-corrected chi connectivity index (χ3v) is 5.21. The number of carbonyl (C=O) groups is 1. The highest BCUT2D eigenvalue weighted by atomic mass is 16.5. The molecule has 2 aliphatic rings. The number of hydrogen-bond acceptors (Lipinski definition) is 7. The Balaban J connectivity index is 1.56. The smallest absolute Gasteiger partial charge is 0.335 e. The normalized spacial score (nSPS) is 19.2. The number of nitrogens with zero attached hydrogens (tertiary/aromatic N) is 3. The van der Waals surface area contributed by atoms with Gasteiger partial charge in [0.1, 0.15) is 5.52 Å². The van der Waals surface area contributed by atoms with E-state index in [1.165, 1.54) is 0 Å². The van der Waals surface area contributed by atoms with E-state index in [4.69, 9.17) is 9.72 Å². The maximum Gasteiger partial charge on any atom is 0.335 e. The van der Waals surface area contributed by atoms with Gasteiger partial charge in [-0.15, -0.1) is 0 Å². The van der Waals surface area contributed by atoms with Gasteiger partial charge in [0.15, 0.2) is 5.82 Å². The average Bonchev–Trinajstić information content (AvgIpc) is 3.36. The fraction of sp³-hybridized carbons (Fsp3) is 0.400. The summed E-state index contributed by atoms with van der Waals surface area (Å²) in [7, 11) is 0. The molecule has 0 spiro atoms. The number of benzene rings is 1. The standard InChI is InChI=1S/C20H21N5O3/c26-19(27)11-3-6-14-15-10-22-20(21-9-13-2-1-7-28-13)25-17(15)18(23-12-4-5-12)24-16(14)8-11/h3,6,8,10,12-13H,1-2,4-5,7,9H2,(H,23,24)(H,26,27)(H,21,22,25). The van der Waals surface area contributed by atoms with Crippen molar-refractivity contribution in [2.45, 2.75) is 37.8 Å². The summed E-state index contributed by atoms with van der Waals surface area (Å²) in [6.07, 6.45) is 6.33. The van der Waals surface area contributed by atoms with Gasteiger partial charge in [-0.3, -0.25) is 0 Å². The van der Waals surface area contributed by atoms with Gasteiger partial charge in [-0.05, 0) is 37.8 Å². The highest BCUT2D eigenvalue weighted by Crippen LogP contribution is 2.32. The first-order chi connectivity index (χ1) is 13.7. The molecule has 0 bridgehead atoms. The van der Waals surface area contributed by atoms with Crippen molar-refractivity contribution >= 4 is 39.5 Å². The lowest BCUT2D eigenvalue weighted by Crippen LogP contribution is -2.19. The predicted molar refractivity (Wildman–Crippen MR) is 106 cm³/mol. The number of anilines is 2. The van der Waals surface area contributed by atoms with Crippen LogP contribution in [0.3, 0.4) is 0 Å². The van der Waals surface area contributed by atoms with Gasteiger partial charge < -0.3 is 20.5 Å². The van der Waals surface area contributed by atoms with Crippen LogP contribution in [0.4, 0.5) is 11.8 Å².